The van der Waals surface area contributed by atoms with Gasteiger partial charge in [-0.3, -0.25) is 0 Å². The number of aromatic nitrogens is 4. The zero-order valence-corrected chi connectivity index (χ0v) is 27.8. The topological polar surface area (TPSA) is 104 Å². The lowest BCUT2D eigenvalue weighted by atomic mass is 9.68. The number of alkyl halides is 2. The number of hydrogen-bond acceptors (Lipinski definition) is 9. The van der Waals surface area contributed by atoms with Gasteiger partial charge in [-0.2, -0.15) is 13.6 Å². The molecule has 2 aliphatic rings. The Morgan fingerprint density at radius 3 is 2.18 bits per heavy atom. The largest absolute Gasteiger partial charge is 0.513 e. The van der Waals surface area contributed by atoms with Gasteiger partial charge in [0.25, 0.3) is 0 Å². The quantitative estimate of drug-likeness (QED) is 0.137. The van der Waals surface area contributed by atoms with Gasteiger partial charge in [0.1, 0.15) is 11.5 Å². The fraction of sp³-hybridized carbons (Fsp3) is 0.351. The van der Waals surface area contributed by atoms with Crippen LogP contribution in [-0.2, 0) is 21.9 Å². The van der Waals surface area contributed by atoms with Crippen LogP contribution in [0.5, 0.6) is 5.75 Å². The Kier molecular flexibility index (Phi) is 10.3. The average Bonchev–Trinajstić information content (AvgIpc) is 3.54. The lowest BCUT2D eigenvalue weighted by Crippen LogP contribution is -2.43. The molecule has 1 N–H and O–H groups in total. The third kappa shape index (κ3) is 7.49. The maximum Gasteiger partial charge on any atom is 0.513 e. The minimum Gasteiger partial charge on any atom is -0.435 e. The molecular formula is C37H40F2N6O4. The molecule has 0 bridgehead atoms. The highest BCUT2D eigenvalue weighted by atomic mass is 19.3. The van der Waals surface area contributed by atoms with Gasteiger partial charge in [-0.15, -0.1) is 10.2 Å². The highest BCUT2D eigenvalue weighted by molar-refractivity contribution is 5.77. The standard InChI is InChI=1S/C37H40F2N6O4/c1-25-31(34-41-43-44(3)42-34)32(29-17-10-11-18-30(29)48-35(38)39)33(26(2)40-25)49-36(46)47-24-12-21-45-22-19-37(20-23-45,27-13-6-4-7-14-27)28-15-8-5-9-16-28/h4-11,13-18,32,35,40H,12,19-24H2,1-3H3. The fourth-order valence-corrected chi connectivity index (χ4v) is 7.00. The van der Waals surface area contributed by atoms with E-state index in [0.717, 1.165) is 32.5 Å². The molecule has 1 fully saturated rings. The number of hydrogen-bond donors (Lipinski definition) is 1. The third-order valence-electron chi connectivity index (χ3n) is 9.29. The first-order valence-electron chi connectivity index (χ1n) is 16.4. The SMILES string of the molecule is CC1=C(OC(=O)OCCCN2CCC(c3ccccc3)(c3ccccc3)CC2)C(c2ccccc2OC(F)F)C(c2nnn(C)n2)=C(C)N1. The van der Waals surface area contributed by atoms with E-state index in [4.69, 9.17) is 14.2 Å². The molecule has 0 radical (unpaired) electrons. The molecule has 4 aromatic rings. The number of benzene rings is 3. The Morgan fingerprint density at radius 1 is 0.939 bits per heavy atom. The number of likely N-dealkylation sites (tertiary alicyclic amines) is 1. The van der Waals surface area contributed by atoms with E-state index in [1.807, 2.05) is 0 Å². The zero-order valence-electron chi connectivity index (χ0n) is 27.8. The van der Waals surface area contributed by atoms with Gasteiger partial charge in [-0.1, -0.05) is 78.9 Å². The molecule has 2 aliphatic heterocycles. The molecule has 1 unspecified atom stereocenters. The molecule has 1 atom stereocenters. The van der Waals surface area contributed by atoms with Crippen LogP contribution in [-0.4, -0.2) is 64.1 Å². The number of nitrogens with one attached hydrogen (secondary N) is 1. The second-order valence-corrected chi connectivity index (χ2v) is 12.3. The van der Waals surface area contributed by atoms with E-state index in [-0.39, 0.29) is 29.4 Å². The van der Waals surface area contributed by atoms with Gasteiger partial charge in [-0.05, 0) is 68.6 Å². The van der Waals surface area contributed by atoms with Crippen LogP contribution in [0.3, 0.4) is 0 Å². The number of allylic oxidation sites excluding steroid dienone is 3. The van der Waals surface area contributed by atoms with E-state index in [2.05, 4.69) is 86.3 Å². The summed E-state index contributed by atoms with van der Waals surface area (Å²) in [6.07, 6.45) is 1.69. The molecule has 49 heavy (non-hydrogen) atoms. The van der Waals surface area contributed by atoms with E-state index in [9.17, 15) is 13.6 Å². The number of piperidine rings is 1. The molecule has 1 aromatic heterocycles. The molecule has 3 heterocycles. The molecule has 0 spiro atoms. The number of dihydropyridines is 1. The maximum atomic E-state index is 13.4. The molecule has 256 valence electrons. The van der Waals surface area contributed by atoms with Crippen molar-refractivity contribution < 1.29 is 27.8 Å². The molecule has 1 saturated heterocycles. The lowest BCUT2D eigenvalue weighted by Gasteiger charge is -2.43. The molecule has 10 nitrogen and oxygen atoms in total. The highest BCUT2D eigenvalue weighted by Crippen LogP contribution is 2.46. The summed E-state index contributed by atoms with van der Waals surface area (Å²) in [4.78, 5) is 16.8. The van der Waals surface area contributed by atoms with Crippen LogP contribution >= 0.6 is 0 Å². The van der Waals surface area contributed by atoms with Crippen molar-refractivity contribution in [1.29, 1.82) is 0 Å². The summed E-state index contributed by atoms with van der Waals surface area (Å²) in [7, 11) is 1.62. The van der Waals surface area contributed by atoms with Crippen molar-refractivity contribution in [2.75, 3.05) is 26.2 Å². The van der Waals surface area contributed by atoms with Crippen molar-refractivity contribution >= 4 is 11.7 Å². The van der Waals surface area contributed by atoms with Crippen molar-refractivity contribution in [3.8, 4) is 5.75 Å². The van der Waals surface area contributed by atoms with E-state index >= 15 is 0 Å². The second-order valence-electron chi connectivity index (χ2n) is 12.3. The van der Waals surface area contributed by atoms with Crippen LogP contribution in [0.1, 0.15) is 61.5 Å². The van der Waals surface area contributed by atoms with Gasteiger partial charge in [0.15, 0.2) is 0 Å². The summed E-state index contributed by atoms with van der Waals surface area (Å²) in [6, 6.07) is 27.8. The molecule has 6 rings (SSSR count). The number of aryl methyl sites for hydroxylation is 1. The average molecular weight is 671 g/mol. The number of carbonyl (C=O) groups excluding carboxylic acids is 1. The Morgan fingerprint density at radius 2 is 1.57 bits per heavy atom. The van der Waals surface area contributed by atoms with E-state index in [1.165, 1.54) is 22.0 Å². The van der Waals surface area contributed by atoms with Crippen LogP contribution < -0.4 is 10.1 Å². The number of ether oxygens (including phenoxy) is 3. The number of tetrazole rings is 1. The smallest absolute Gasteiger partial charge is 0.435 e. The number of carbonyl (C=O) groups is 1. The van der Waals surface area contributed by atoms with Crippen LogP contribution in [0.15, 0.2) is 102 Å². The molecule has 12 heteroatoms. The molecule has 0 aliphatic carbocycles. The number of rotatable bonds is 11. The van der Waals surface area contributed by atoms with Crippen LogP contribution in [0.25, 0.3) is 5.57 Å². The first-order valence-corrected chi connectivity index (χ1v) is 16.4. The number of nitrogens with zero attached hydrogens (tertiary/aromatic N) is 5. The predicted octanol–water partition coefficient (Wildman–Crippen LogP) is 6.79. The van der Waals surface area contributed by atoms with Gasteiger partial charge in [-0.25, -0.2) is 4.79 Å². The minimum atomic E-state index is -3.06. The van der Waals surface area contributed by atoms with E-state index in [1.54, 1.807) is 39.1 Å². The Hall–Kier alpha value is -5.10. The minimum absolute atomic E-state index is 0.0407. The Labute approximate surface area is 284 Å². The number of halogens is 2. The zero-order chi connectivity index (χ0) is 34.4. The Bertz CT molecular complexity index is 1760. The molecular weight excluding hydrogens is 630 g/mol. The lowest BCUT2D eigenvalue weighted by molar-refractivity contribution is -0.0506. The van der Waals surface area contributed by atoms with Crippen LogP contribution in [0, 0.1) is 0 Å². The van der Waals surface area contributed by atoms with Gasteiger partial charge in [0, 0.05) is 28.8 Å². The van der Waals surface area contributed by atoms with Crippen LogP contribution in [0.4, 0.5) is 13.6 Å². The van der Waals surface area contributed by atoms with Crippen molar-refractivity contribution in [2.45, 2.75) is 51.1 Å². The Balaban J connectivity index is 1.11. The molecule has 0 saturated carbocycles. The van der Waals surface area contributed by atoms with Crippen molar-refractivity contribution in [1.82, 2.24) is 30.4 Å². The first-order chi connectivity index (χ1) is 23.7. The molecule has 0 amide bonds. The summed E-state index contributed by atoms with van der Waals surface area (Å²) < 4.78 is 43.2. The van der Waals surface area contributed by atoms with Gasteiger partial charge in [0.05, 0.1) is 25.3 Å². The summed E-state index contributed by atoms with van der Waals surface area (Å²) in [5.74, 6) is -0.518. The summed E-state index contributed by atoms with van der Waals surface area (Å²) in [5.41, 5.74) is 4.62. The van der Waals surface area contributed by atoms with E-state index in [0.29, 0.717) is 29.0 Å². The maximum absolute atomic E-state index is 13.4. The summed E-state index contributed by atoms with van der Waals surface area (Å²) in [5, 5.41) is 15.7. The fourth-order valence-electron chi connectivity index (χ4n) is 7.00. The van der Waals surface area contributed by atoms with Crippen LogP contribution in [0.2, 0.25) is 0 Å². The predicted molar refractivity (Wildman–Crippen MR) is 179 cm³/mol. The van der Waals surface area contributed by atoms with Crippen molar-refractivity contribution in [3.05, 3.63) is 125 Å². The van der Waals surface area contributed by atoms with Gasteiger partial charge >= 0.3 is 12.8 Å². The highest BCUT2D eigenvalue weighted by Gasteiger charge is 2.39. The number of para-hydroxylation sites is 1. The normalized spacial score (nSPS) is 18.0. The van der Waals surface area contributed by atoms with Crippen molar-refractivity contribution in [3.63, 3.8) is 0 Å². The van der Waals surface area contributed by atoms with Crippen molar-refractivity contribution in [2.24, 2.45) is 7.05 Å². The summed E-state index contributed by atoms with van der Waals surface area (Å²) >= 11 is 0. The van der Waals surface area contributed by atoms with Gasteiger partial charge < -0.3 is 24.4 Å². The summed E-state index contributed by atoms with van der Waals surface area (Å²) in [6.45, 7) is 3.23. The first kappa shape index (κ1) is 33.8. The van der Waals surface area contributed by atoms with E-state index < -0.39 is 18.7 Å². The monoisotopic (exact) mass is 670 g/mol. The molecule has 3 aromatic carbocycles. The second kappa shape index (κ2) is 15.0. The third-order valence-corrected chi connectivity index (χ3v) is 9.29. The van der Waals surface area contributed by atoms with Gasteiger partial charge in [0.2, 0.25) is 5.82 Å².